The van der Waals surface area contributed by atoms with Crippen LogP contribution in [0.3, 0.4) is 0 Å². The topological polar surface area (TPSA) is 32.8 Å². The van der Waals surface area contributed by atoms with Crippen molar-refractivity contribution < 1.29 is 9.53 Å². The number of carbonyl (C=O) groups is 1. The smallest absolute Gasteiger partial charge is 0.288 e. The molecule has 4 nitrogen and oxygen atoms in total. The first-order chi connectivity index (χ1) is 11.7. The van der Waals surface area contributed by atoms with Crippen molar-refractivity contribution in [2.75, 3.05) is 32.8 Å². The standard InChI is InChI=1S/C20H30N2O2/c1-4-19-16-21(13-9-12-18-10-7-6-8-11-18)14-15-22(19)20(23)17(3)24-5-2/h6-8,10-11,19H,3-5,9,12-16H2,1-2H3. The predicted octanol–water partition coefficient (Wildman–Crippen LogP) is 3.09. The van der Waals surface area contributed by atoms with Crippen LogP contribution >= 0.6 is 0 Å². The summed E-state index contributed by atoms with van der Waals surface area (Å²) in [4.78, 5) is 16.9. The zero-order chi connectivity index (χ0) is 17.4. The number of benzene rings is 1. The molecule has 0 N–H and O–H groups in total. The average molecular weight is 330 g/mol. The van der Waals surface area contributed by atoms with Gasteiger partial charge < -0.3 is 9.64 Å². The van der Waals surface area contributed by atoms with Crippen LogP contribution in [0.25, 0.3) is 0 Å². The van der Waals surface area contributed by atoms with Gasteiger partial charge in [0.1, 0.15) is 0 Å². The van der Waals surface area contributed by atoms with Gasteiger partial charge in [0.15, 0.2) is 5.76 Å². The normalized spacial score (nSPS) is 18.4. The third kappa shape index (κ3) is 5.10. The molecule has 1 aliphatic rings. The molecule has 4 heteroatoms. The van der Waals surface area contributed by atoms with Gasteiger partial charge in [-0.05, 0) is 38.3 Å². The van der Waals surface area contributed by atoms with Crippen molar-refractivity contribution in [3.05, 3.63) is 48.2 Å². The van der Waals surface area contributed by atoms with Crippen molar-refractivity contribution in [1.29, 1.82) is 0 Å². The van der Waals surface area contributed by atoms with E-state index in [1.54, 1.807) is 0 Å². The van der Waals surface area contributed by atoms with Crippen molar-refractivity contribution in [2.24, 2.45) is 0 Å². The zero-order valence-corrected chi connectivity index (χ0v) is 15.0. The van der Waals surface area contributed by atoms with E-state index in [1.165, 1.54) is 5.56 Å². The molecule has 0 aliphatic carbocycles. The molecule has 1 atom stereocenters. The van der Waals surface area contributed by atoms with E-state index in [9.17, 15) is 4.79 Å². The maximum Gasteiger partial charge on any atom is 0.288 e. The Balaban J connectivity index is 1.81. The summed E-state index contributed by atoms with van der Waals surface area (Å²) < 4.78 is 5.29. The van der Waals surface area contributed by atoms with Gasteiger partial charge in [0.25, 0.3) is 5.91 Å². The van der Waals surface area contributed by atoms with Gasteiger partial charge in [-0.2, -0.15) is 0 Å². The first kappa shape index (κ1) is 18.5. The average Bonchev–Trinajstić information content (AvgIpc) is 2.62. The molecule has 24 heavy (non-hydrogen) atoms. The highest BCUT2D eigenvalue weighted by Crippen LogP contribution is 2.16. The number of aryl methyl sites for hydroxylation is 1. The molecule has 0 aromatic heterocycles. The fourth-order valence-electron chi connectivity index (χ4n) is 3.29. The number of carbonyl (C=O) groups excluding carboxylic acids is 1. The summed E-state index contributed by atoms with van der Waals surface area (Å²) in [6.45, 7) is 12.0. The zero-order valence-electron chi connectivity index (χ0n) is 15.0. The van der Waals surface area contributed by atoms with Gasteiger partial charge in [-0.1, -0.05) is 43.8 Å². The molecule has 0 saturated carbocycles. The van der Waals surface area contributed by atoms with Crippen molar-refractivity contribution in [3.8, 4) is 0 Å². The Morgan fingerprint density at radius 2 is 2.00 bits per heavy atom. The highest BCUT2D eigenvalue weighted by atomic mass is 16.5. The highest BCUT2D eigenvalue weighted by Gasteiger charge is 2.30. The van der Waals surface area contributed by atoms with E-state index in [0.717, 1.165) is 45.4 Å². The van der Waals surface area contributed by atoms with Gasteiger partial charge >= 0.3 is 0 Å². The molecule has 1 fully saturated rings. The summed E-state index contributed by atoms with van der Waals surface area (Å²) in [5.74, 6) is 0.223. The van der Waals surface area contributed by atoms with Gasteiger partial charge in [-0.25, -0.2) is 0 Å². The Bertz CT molecular complexity index is 530. The second kappa shape index (κ2) is 9.48. The van der Waals surface area contributed by atoms with Crippen molar-refractivity contribution in [1.82, 2.24) is 9.80 Å². The van der Waals surface area contributed by atoms with Crippen molar-refractivity contribution in [2.45, 2.75) is 39.2 Å². The van der Waals surface area contributed by atoms with Crippen LogP contribution < -0.4 is 0 Å². The third-order valence-corrected chi connectivity index (χ3v) is 4.64. The fraction of sp³-hybridized carbons (Fsp3) is 0.550. The molecule has 0 radical (unpaired) electrons. The van der Waals surface area contributed by atoms with Gasteiger partial charge in [0.2, 0.25) is 0 Å². The maximum atomic E-state index is 12.4. The number of rotatable bonds is 8. The van der Waals surface area contributed by atoms with E-state index >= 15 is 0 Å². The lowest BCUT2D eigenvalue weighted by Crippen LogP contribution is -2.55. The minimum absolute atomic E-state index is 0.0485. The van der Waals surface area contributed by atoms with Crippen LogP contribution in [0.15, 0.2) is 42.7 Å². The quantitative estimate of drug-likeness (QED) is 0.542. The first-order valence-electron chi connectivity index (χ1n) is 9.04. The Hall–Kier alpha value is -1.81. The molecule has 1 saturated heterocycles. The van der Waals surface area contributed by atoms with Crippen LogP contribution in [0.2, 0.25) is 0 Å². The molecule has 0 spiro atoms. The lowest BCUT2D eigenvalue weighted by Gasteiger charge is -2.41. The number of nitrogens with zero attached hydrogens (tertiary/aromatic N) is 2. The van der Waals surface area contributed by atoms with Crippen LogP contribution in [-0.4, -0.2) is 54.5 Å². The molecule has 2 rings (SSSR count). The molecular weight excluding hydrogens is 300 g/mol. The minimum Gasteiger partial charge on any atom is -0.489 e. The van der Waals surface area contributed by atoms with E-state index in [2.05, 4.69) is 48.7 Å². The monoisotopic (exact) mass is 330 g/mol. The van der Waals surface area contributed by atoms with Gasteiger partial charge in [0.05, 0.1) is 6.61 Å². The highest BCUT2D eigenvalue weighted by molar-refractivity contribution is 5.91. The summed E-state index contributed by atoms with van der Waals surface area (Å²) in [6, 6.07) is 10.9. The van der Waals surface area contributed by atoms with E-state index < -0.39 is 0 Å². The summed E-state index contributed by atoms with van der Waals surface area (Å²) in [6.07, 6.45) is 3.22. The number of hydrogen-bond donors (Lipinski definition) is 0. The van der Waals surface area contributed by atoms with Crippen LogP contribution in [0, 0.1) is 0 Å². The van der Waals surface area contributed by atoms with E-state index in [1.807, 2.05) is 11.8 Å². The largest absolute Gasteiger partial charge is 0.489 e. The van der Waals surface area contributed by atoms with Gasteiger partial charge in [-0.15, -0.1) is 0 Å². The molecule has 1 aliphatic heterocycles. The molecule has 1 amide bonds. The first-order valence-corrected chi connectivity index (χ1v) is 9.04. The Morgan fingerprint density at radius 1 is 1.25 bits per heavy atom. The molecule has 132 valence electrons. The molecule has 1 aromatic carbocycles. The lowest BCUT2D eigenvalue weighted by atomic mass is 10.1. The molecule has 1 unspecified atom stereocenters. The second-order valence-electron chi connectivity index (χ2n) is 6.31. The third-order valence-electron chi connectivity index (χ3n) is 4.64. The van der Waals surface area contributed by atoms with Crippen LogP contribution in [0.5, 0.6) is 0 Å². The molecular formula is C20H30N2O2. The number of amides is 1. The van der Waals surface area contributed by atoms with E-state index in [0.29, 0.717) is 6.61 Å². The number of ether oxygens (including phenoxy) is 1. The van der Waals surface area contributed by atoms with Crippen LogP contribution in [0.4, 0.5) is 0 Å². The number of hydrogen-bond acceptors (Lipinski definition) is 3. The Kier molecular flexibility index (Phi) is 7.32. The SMILES string of the molecule is C=C(OCC)C(=O)N1CCN(CCCc2ccccc2)CC1CC. The van der Waals surface area contributed by atoms with Crippen LogP contribution in [0.1, 0.15) is 32.3 Å². The summed E-state index contributed by atoms with van der Waals surface area (Å²) >= 11 is 0. The summed E-state index contributed by atoms with van der Waals surface area (Å²) in [7, 11) is 0. The number of piperazine rings is 1. The summed E-state index contributed by atoms with van der Waals surface area (Å²) in [5.41, 5.74) is 1.39. The molecule has 0 bridgehead atoms. The molecule has 1 heterocycles. The summed E-state index contributed by atoms with van der Waals surface area (Å²) in [5, 5.41) is 0. The maximum absolute atomic E-state index is 12.4. The lowest BCUT2D eigenvalue weighted by molar-refractivity contribution is -0.135. The minimum atomic E-state index is -0.0485. The van der Waals surface area contributed by atoms with Gasteiger partial charge in [0, 0.05) is 25.7 Å². The van der Waals surface area contributed by atoms with Crippen LogP contribution in [-0.2, 0) is 16.0 Å². The van der Waals surface area contributed by atoms with Crippen molar-refractivity contribution in [3.63, 3.8) is 0 Å². The van der Waals surface area contributed by atoms with E-state index in [-0.39, 0.29) is 17.7 Å². The van der Waals surface area contributed by atoms with Crippen molar-refractivity contribution >= 4 is 5.91 Å². The second-order valence-corrected chi connectivity index (χ2v) is 6.31. The van der Waals surface area contributed by atoms with Gasteiger partial charge in [-0.3, -0.25) is 9.69 Å². The fourth-order valence-corrected chi connectivity index (χ4v) is 3.29. The van der Waals surface area contributed by atoms with E-state index in [4.69, 9.17) is 4.74 Å². The molecule has 1 aromatic rings. The Morgan fingerprint density at radius 3 is 2.67 bits per heavy atom. The Labute approximate surface area is 146 Å². The predicted molar refractivity (Wildman–Crippen MR) is 97.8 cm³/mol.